The summed E-state index contributed by atoms with van der Waals surface area (Å²) in [5.41, 5.74) is 8.26. The van der Waals surface area contributed by atoms with E-state index in [1.54, 1.807) is 19.4 Å². The smallest absolute Gasteiger partial charge is 0.179 e. The molecule has 120 valence electrons. The van der Waals surface area contributed by atoms with Crippen molar-refractivity contribution < 1.29 is 0 Å². The molecule has 0 fully saturated rings. The standard InChI is InChI=1S/C15H19N7S/c1-3-22-9-8-19-14(22)13(17-2)20-15-11(12(16)21-23-15)10-4-6-18-7-5-10/h3-4,8-9,18H,1,5-7H2,2H3,(H2,16,21)(H,17,20). The van der Waals surface area contributed by atoms with Crippen LogP contribution in [0.5, 0.6) is 0 Å². The molecule has 3 heterocycles. The molecule has 4 N–H and O–H groups in total. The van der Waals surface area contributed by atoms with E-state index in [1.807, 2.05) is 10.8 Å². The second kappa shape index (κ2) is 6.76. The summed E-state index contributed by atoms with van der Waals surface area (Å²) in [4.78, 5) is 8.64. The molecule has 7 nitrogen and oxygen atoms in total. The van der Waals surface area contributed by atoms with E-state index in [0.717, 1.165) is 30.1 Å². The molecule has 0 unspecified atom stereocenters. The Hall–Kier alpha value is -2.45. The number of hydrogen-bond acceptors (Lipinski definition) is 6. The first-order valence-electron chi connectivity index (χ1n) is 7.29. The number of nitrogens with zero attached hydrogens (tertiary/aromatic N) is 4. The normalized spacial score (nSPS) is 15.3. The molecule has 0 radical (unpaired) electrons. The molecule has 2 aromatic rings. The zero-order chi connectivity index (χ0) is 16.2. The lowest BCUT2D eigenvalue weighted by molar-refractivity contribution is 0.739. The molecule has 3 rings (SSSR count). The Morgan fingerprint density at radius 3 is 3.17 bits per heavy atom. The molecule has 0 amide bonds. The fraction of sp³-hybridized carbons (Fsp3) is 0.267. The lowest BCUT2D eigenvalue weighted by Crippen LogP contribution is -2.21. The molecule has 1 aliphatic heterocycles. The number of imidazole rings is 1. The third kappa shape index (κ3) is 3.03. The zero-order valence-corrected chi connectivity index (χ0v) is 13.7. The summed E-state index contributed by atoms with van der Waals surface area (Å²) in [6.45, 7) is 5.56. The Labute approximate surface area is 138 Å². The summed E-state index contributed by atoms with van der Waals surface area (Å²) in [6.07, 6.45) is 8.31. The van der Waals surface area contributed by atoms with Crippen LogP contribution in [-0.2, 0) is 0 Å². The fourth-order valence-electron chi connectivity index (χ4n) is 2.51. The minimum absolute atomic E-state index is 0.549. The number of amidine groups is 1. The molecule has 0 saturated heterocycles. The van der Waals surface area contributed by atoms with Crippen molar-refractivity contribution in [1.29, 1.82) is 0 Å². The molecule has 0 bridgehead atoms. The Morgan fingerprint density at radius 1 is 1.61 bits per heavy atom. The Balaban J connectivity index is 1.94. The average molecular weight is 329 g/mol. The molecule has 23 heavy (non-hydrogen) atoms. The first-order valence-corrected chi connectivity index (χ1v) is 8.06. The SMILES string of the molecule is C=Cn1ccnc1C(=NC)Nc1snc(N)c1C1=CCNCC1. The average Bonchev–Trinajstić information content (AvgIpc) is 3.19. The van der Waals surface area contributed by atoms with Gasteiger partial charge in [0.1, 0.15) is 10.8 Å². The zero-order valence-electron chi connectivity index (χ0n) is 12.9. The van der Waals surface area contributed by atoms with E-state index in [2.05, 4.69) is 37.6 Å². The van der Waals surface area contributed by atoms with Gasteiger partial charge in [-0.05, 0) is 30.1 Å². The highest BCUT2D eigenvalue weighted by Gasteiger charge is 2.19. The van der Waals surface area contributed by atoms with Gasteiger partial charge in [0.25, 0.3) is 0 Å². The van der Waals surface area contributed by atoms with Crippen molar-refractivity contribution in [3.63, 3.8) is 0 Å². The molecule has 2 aromatic heterocycles. The van der Waals surface area contributed by atoms with Gasteiger partial charge in [-0.3, -0.25) is 4.99 Å². The van der Waals surface area contributed by atoms with Gasteiger partial charge in [-0.15, -0.1) is 0 Å². The molecule has 0 atom stereocenters. The fourth-order valence-corrected chi connectivity index (χ4v) is 3.26. The summed E-state index contributed by atoms with van der Waals surface area (Å²) in [5, 5.41) is 7.51. The second-order valence-electron chi connectivity index (χ2n) is 4.99. The first kappa shape index (κ1) is 15.4. The number of aliphatic imine (C=N–C) groups is 1. The van der Waals surface area contributed by atoms with E-state index in [1.165, 1.54) is 17.1 Å². The molecule has 0 aliphatic carbocycles. The highest BCUT2D eigenvalue weighted by atomic mass is 32.1. The molecule has 0 aromatic carbocycles. The maximum Gasteiger partial charge on any atom is 0.179 e. The van der Waals surface area contributed by atoms with Crippen LogP contribution in [0.15, 0.2) is 30.0 Å². The van der Waals surface area contributed by atoms with Crippen LogP contribution in [0.3, 0.4) is 0 Å². The van der Waals surface area contributed by atoms with Gasteiger partial charge in [-0.2, -0.15) is 4.37 Å². The summed E-state index contributed by atoms with van der Waals surface area (Å²) in [7, 11) is 1.72. The van der Waals surface area contributed by atoms with Crippen LogP contribution in [0.1, 0.15) is 17.8 Å². The van der Waals surface area contributed by atoms with Crippen molar-refractivity contribution in [2.45, 2.75) is 6.42 Å². The number of hydrogen-bond donors (Lipinski definition) is 3. The van der Waals surface area contributed by atoms with Gasteiger partial charge in [0.2, 0.25) is 0 Å². The van der Waals surface area contributed by atoms with Gasteiger partial charge in [0.05, 0.1) is 5.56 Å². The van der Waals surface area contributed by atoms with Gasteiger partial charge < -0.3 is 20.9 Å². The van der Waals surface area contributed by atoms with E-state index in [0.29, 0.717) is 17.5 Å². The summed E-state index contributed by atoms with van der Waals surface area (Å²) in [6, 6.07) is 0. The lowest BCUT2D eigenvalue weighted by Gasteiger charge is -2.16. The Bertz CT molecular complexity index is 769. The first-order chi connectivity index (χ1) is 11.2. The van der Waals surface area contributed by atoms with Gasteiger partial charge in [-0.1, -0.05) is 12.7 Å². The second-order valence-corrected chi connectivity index (χ2v) is 5.77. The van der Waals surface area contributed by atoms with Crippen LogP contribution in [0.2, 0.25) is 0 Å². The highest BCUT2D eigenvalue weighted by Crippen LogP contribution is 2.35. The van der Waals surface area contributed by atoms with Gasteiger partial charge in [0.15, 0.2) is 11.7 Å². The van der Waals surface area contributed by atoms with Gasteiger partial charge in [0, 0.05) is 32.2 Å². The van der Waals surface area contributed by atoms with Crippen LogP contribution in [0.4, 0.5) is 10.8 Å². The number of aromatic nitrogens is 3. The van der Waals surface area contributed by atoms with E-state index in [-0.39, 0.29) is 0 Å². The van der Waals surface area contributed by atoms with Crippen molar-refractivity contribution in [3.05, 3.63) is 36.4 Å². The number of nitrogens with two attached hydrogens (primary N) is 1. The van der Waals surface area contributed by atoms with Crippen molar-refractivity contribution in [2.24, 2.45) is 4.99 Å². The van der Waals surface area contributed by atoms with Crippen molar-refractivity contribution in [2.75, 3.05) is 31.2 Å². The van der Waals surface area contributed by atoms with E-state index < -0.39 is 0 Å². The van der Waals surface area contributed by atoms with Gasteiger partial charge in [-0.25, -0.2) is 4.98 Å². The summed E-state index contributed by atoms with van der Waals surface area (Å²) in [5.74, 6) is 1.89. The largest absolute Gasteiger partial charge is 0.382 e. The van der Waals surface area contributed by atoms with E-state index in [4.69, 9.17) is 5.73 Å². The maximum atomic E-state index is 6.09. The van der Waals surface area contributed by atoms with E-state index in [9.17, 15) is 0 Å². The molecule has 1 aliphatic rings. The minimum atomic E-state index is 0.549. The van der Waals surface area contributed by atoms with Crippen LogP contribution >= 0.6 is 11.5 Å². The quantitative estimate of drug-likeness (QED) is 0.588. The third-order valence-corrected chi connectivity index (χ3v) is 4.41. The number of rotatable bonds is 4. The molecular weight excluding hydrogens is 310 g/mol. The van der Waals surface area contributed by atoms with Crippen LogP contribution in [-0.4, -0.2) is 39.9 Å². The summed E-state index contributed by atoms with van der Waals surface area (Å²) < 4.78 is 6.11. The Morgan fingerprint density at radius 2 is 2.48 bits per heavy atom. The summed E-state index contributed by atoms with van der Waals surface area (Å²) >= 11 is 1.33. The molecule has 0 spiro atoms. The van der Waals surface area contributed by atoms with Crippen LogP contribution < -0.4 is 16.4 Å². The number of nitrogen functional groups attached to an aromatic ring is 1. The van der Waals surface area contributed by atoms with Crippen LogP contribution in [0, 0.1) is 0 Å². The minimum Gasteiger partial charge on any atom is -0.382 e. The molecular formula is C15H19N7S. The van der Waals surface area contributed by atoms with Crippen LogP contribution in [0.25, 0.3) is 11.8 Å². The predicted octanol–water partition coefficient (Wildman–Crippen LogP) is 1.89. The molecule has 0 saturated carbocycles. The Kier molecular flexibility index (Phi) is 4.54. The van der Waals surface area contributed by atoms with Crippen molar-refractivity contribution >= 4 is 40.0 Å². The van der Waals surface area contributed by atoms with Gasteiger partial charge >= 0.3 is 0 Å². The maximum absolute atomic E-state index is 6.09. The molecule has 8 heteroatoms. The number of anilines is 2. The number of nitrogens with one attached hydrogen (secondary N) is 2. The third-order valence-electron chi connectivity index (χ3n) is 3.64. The highest BCUT2D eigenvalue weighted by molar-refractivity contribution is 7.11. The van der Waals surface area contributed by atoms with E-state index >= 15 is 0 Å². The topological polar surface area (TPSA) is 93.2 Å². The predicted molar refractivity (Wildman–Crippen MR) is 96.7 cm³/mol. The van der Waals surface area contributed by atoms with Crippen molar-refractivity contribution in [3.8, 4) is 0 Å². The lowest BCUT2D eigenvalue weighted by atomic mass is 10.0. The monoisotopic (exact) mass is 329 g/mol. The van der Waals surface area contributed by atoms with Crippen molar-refractivity contribution in [1.82, 2.24) is 19.2 Å².